The number of benzene rings is 1. The van der Waals surface area contributed by atoms with Crippen molar-refractivity contribution in [3.63, 3.8) is 0 Å². The molecule has 0 aliphatic heterocycles. The van der Waals surface area contributed by atoms with Crippen molar-refractivity contribution < 1.29 is 14.7 Å². The first-order valence-electron chi connectivity index (χ1n) is 16.7. The van der Waals surface area contributed by atoms with Crippen LogP contribution in [0.5, 0.6) is 0 Å². The van der Waals surface area contributed by atoms with Crippen LogP contribution in [0.2, 0.25) is 0 Å². The lowest BCUT2D eigenvalue weighted by Gasteiger charge is -2.38. The predicted octanol–water partition coefficient (Wildman–Crippen LogP) is 5.38. The van der Waals surface area contributed by atoms with Gasteiger partial charge in [0.25, 0.3) is 5.56 Å². The zero-order chi connectivity index (χ0) is 32.4. The summed E-state index contributed by atoms with van der Waals surface area (Å²) >= 11 is 0. The van der Waals surface area contributed by atoms with Gasteiger partial charge in [-0.2, -0.15) is 10.1 Å². The van der Waals surface area contributed by atoms with Gasteiger partial charge in [-0.15, -0.1) is 0 Å². The van der Waals surface area contributed by atoms with Crippen LogP contribution in [0, 0.1) is 5.41 Å². The van der Waals surface area contributed by atoms with E-state index in [1.165, 1.54) is 51.3 Å². The molecule has 2 saturated carbocycles. The standard InChI is InChI=1S/C23H22N6O3.C6H12O2.C6H12/c1-2-5-19-18(21(30)27-22-24-13-25-29(19)22)12-14-8-10-15(11-9-14)16-6-3-4-7-17(16)20-26-23(31)32-28-20;7-4-6(5-8)2-1-3-6;1-2-4-6-5-3-1/h6-11,13H,2-5,12H2,1H3,(H,26,28,31)(H,24,25,27,30);7-8H,1-5H2;1-6H2. The first-order valence-corrected chi connectivity index (χ1v) is 16.7. The average molecular weight is 631 g/mol. The number of aliphatic hydroxyl groups is 2. The molecular weight excluding hydrogens is 584 g/mol. The number of fused-ring (bicyclic) bond motifs is 1. The van der Waals surface area contributed by atoms with Gasteiger partial charge in [0.15, 0.2) is 5.82 Å². The zero-order valence-corrected chi connectivity index (χ0v) is 26.8. The summed E-state index contributed by atoms with van der Waals surface area (Å²) in [4.78, 5) is 33.7. The number of aromatic amines is 2. The Bertz CT molecular complexity index is 1710. The largest absolute Gasteiger partial charge is 0.439 e. The molecule has 0 unspecified atom stereocenters. The van der Waals surface area contributed by atoms with E-state index in [1.54, 1.807) is 4.52 Å². The minimum absolute atomic E-state index is 0.0833. The van der Waals surface area contributed by atoms with Gasteiger partial charge in [0.05, 0.1) is 18.9 Å². The van der Waals surface area contributed by atoms with E-state index in [9.17, 15) is 9.59 Å². The van der Waals surface area contributed by atoms with Crippen molar-refractivity contribution in [2.75, 3.05) is 13.2 Å². The number of allylic oxidation sites excluding steroid dienone is 4. The lowest BCUT2D eigenvalue weighted by Crippen LogP contribution is -2.36. The van der Waals surface area contributed by atoms with Crippen LogP contribution in [-0.2, 0) is 12.8 Å². The molecule has 2 fully saturated rings. The summed E-state index contributed by atoms with van der Waals surface area (Å²) in [7, 11) is 0. The number of hydrogen-bond donors (Lipinski definition) is 4. The minimum atomic E-state index is -0.571. The van der Waals surface area contributed by atoms with Crippen molar-refractivity contribution in [2.45, 2.75) is 96.8 Å². The maximum Gasteiger partial charge on any atom is 0.439 e. The third-order valence-corrected chi connectivity index (χ3v) is 9.22. The molecule has 11 nitrogen and oxygen atoms in total. The Morgan fingerprint density at radius 2 is 1.54 bits per heavy atom. The van der Waals surface area contributed by atoms with E-state index in [1.807, 2.05) is 24.3 Å². The van der Waals surface area contributed by atoms with Crippen LogP contribution in [0.3, 0.4) is 0 Å². The summed E-state index contributed by atoms with van der Waals surface area (Å²) in [5, 5.41) is 25.5. The number of aromatic nitrogens is 6. The van der Waals surface area contributed by atoms with E-state index >= 15 is 0 Å². The molecule has 11 heteroatoms. The molecule has 246 valence electrons. The summed E-state index contributed by atoms with van der Waals surface area (Å²) in [5.74, 6) is 0.326. The van der Waals surface area contributed by atoms with E-state index in [2.05, 4.69) is 48.8 Å². The summed E-state index contributed by atoms with van der Waals surface area (Å²) in [5.41, 5.74) is 5.27. The van der Waals surface area contributed by atoms with E-state index in [4.69, 9.17) is 10.2 Å². The Kier molecular flexibility index (Phi) is 11.5. The average Bonchev–Trinajstić information content (AvgIpc) is 3.73. The Hall–Kier alpha value is -4.09. The molecule has 0 amide bonds. The molecule has 1 aromatic carbocycles. The molecule has 3 heterocycles. The van der Waals surface area contributed by atoms with Gasteiger partial charge < -0.3 is 10.2 Å². The van der Waals surface area contributed by atoms with Crippen LogP contribution in [0.4, 0.5) is 0 Å². The molecule has 3 aromatic heterocycles. The van der Waals surface area contributed by atoms with Crippen molar-refractivity contribution in [3.05, 3.63) is 91.9 Å². The summed E-state index contributed by atoms with van der Waals surface area (Å²) in [6.07, 6.45) is 21.7. The third kappa shape index (κ3) is 8.00. The molecule has 7 rings (SSSR count). The highest BCUT2D eigenvalue weighted by molar-refractivity contribution is 6.03. The molecule has 3 aliphatic carbocycles. The van der Waals surface area contributed by atoms with E-state index in [0.29, 0.717) is 23.6 Å². The van der Waals surface area contributed by atoms with Crippen molar-refractivity contribution in [1.29, 1.82) is 0 Å². The number of aryl methyl sites for hydroxylation is 1. The molecule has 0 saturated heterocycles. The lowest BCUT2D eigenvalue weighted by molar-refractivity contribution is -0.00908. The maximum absolute atomic E-state index is 12.7. The van der Waals surface area contributed by atoms with Crippen molar-refractivity contribution >= 4 is 16.9 Å². The van der Waals surface area contributed by atoms with Crippen LogP contribution in [0.1, 0.15) is 112 Å². The molecule has 0 atom stereocenters. The molecule has 0 spiro atoms. The number of nitrogens with zero attached hydrogens (tertiary/aromatic N) is 4. The van der Waals surface area contributed by atoms with Gasteiger partial charge in [0.1, 0.15) is 6.33 Å². The van der Waals surface area contributed by atoms with Crippen LogP contribution in [0.15, 0.2) is 56.9 Å². The summed E-state index contributed by atoms with van der Waals surface area (Å²) in [6.45, 7) is 2.39. The highest BCUT2D eigenvalue weighted by Gasteiger charge is 2.35. The van der Waals surface area contributed by atoms with E-state index in [0.717, 1.165) is 66.5 Å². The van der Waals surface area contributed by atoms with Crippen molar-refractivity contribution in [3.8, 4) is 0 Å². The van der Waals surface area contributed by atoms with Crippen molar-refractivity contribution in [2.24, 2.45) is 5.41 Å². The van der Waals surface area contributed by atoms with Crippen molar-refractivity contribution in [1.82, 2.24) is 29.7 Å². The normalized spacial score (nSPS) is 17.1. The number of nitrogens with one attached hydrogen (secondary N) is 2. The molecule has 4 aromatic rings. The van der Waals surface area contributed by atoms with Crippen LogP contribution < -0.4 is 11.3 Å². The van der Waals surface area contributed by atoms with Gasteiger partial charge in [0.2, 0.25) is 5.78 Å². The van der Waals surface area contributed by atoms with Crippen LogP contribution >= 0.6 is 0 Å². The summed E-state index contributed by atoms with van der Waals surface area (Å²) < 4.78 is 6.40. The molecule has 0 bridgehead atoms. The van der Waals surface area contributed by atoms with Gasteiger partial charge in [0, 0.05) is 23.0 Å². The molecular formula is C35H46N6O5. The second-order valence-electron chi connectivity index (χ2n) is 12.5. The van der Waals surface area contributed by atoms with E-state index < -0.39 is 5.76 Å². The van der Waals surface area contributed by atoms with Gasteiger partial charge >= 0.3 is 5.76 Å². The number of H-pyrrole nitrogens is 2. The monoisotopic (exact) mass is 630 g/mol. The second-order valence-corrected chi connectivity index (χ2v) is 12.5. The first-order chi connectivity index (χ1) is 22.5. The topological polar surface area (TPSA) is 162 Å². The second kappa shape index (κ2) is 16.0. The van der Waals surface area contributed by atoms with Crippen LogP contribution in [-0.4, -0.2) is 53.1 Å². The van der Waals surface area contributed by atoms with Gasteiger partial charge in [-0.1, -0.05) is 99.9 Å². The number of aliphatic hydroxyl groups excluding tert-OH is 2. The SMILES string of the molecule is C1CCCCC1.CCCc1c(Cc2ccc(C3=CCCC=C3c3noc(=O)[nH]3)cc2)c(=O)[nH]c2ncnn12.OCC1(CO)CCC1. The third-order valence-electron chi connectivity index (χ3n) is 9.22. The quantitative estimate of drug-likeness (QED) is 0.202. The molecule has 46 heavy (non-hydrogen) atoms. The lowest BCUT2D eigenvalue weighted by atomic mass is 9.70. The smallest absolute Gasteiger partial charge is 0.396 e. The Morgan fingerprint density at radius 1 is 0.891 bits per heavy atom. The predicted molar refractivity (Wildman–Crippen MR) is 177 cm³/mol. The van der Waals surface area contributed by atoms with Gasteiger partial charge in [-0.3, -0.25) is 19.3 Å². The first kappa shape index (κ1) is 33.3. The Labute approximate surface area is 268 Å². The molecule has 3 aliphatic rings. The number of rotatable bonds is 8. The van der Waals surface area contributed by atoms with E-state index in [-0.39, 0.29) is 24.2 Å². The summed E-state index contributed by atoms with van der Waals surface area (Å²) in [6, 6.07) is 8.10. The highest BCUT2D eigenvalue weighted by Crippen LogP contribution is 2.39. The van der Waals surface area contributed by atoms with Gasteiger partial charge in [-0.05, 0) is 48.8 Å². The number of hydrogen-bond acceptors (Lipinski definition) is 8. The highest BCUT2D eigenvalue weighted by atomic mass is 16.5. The molecule has 0 radical (unpaired) electrons. The molecule has 4 N–H and O–H groups in total. The van der Waals surface area contributed by atoms with Gasteiger partial charge in [-0.25, -0.2) is 9.31 Å². The maximum atomic E-state index is 12.7. The fraction of sp³-hybridized carbons (Fsp3) is 0.514. The Balaban J connectivity index is 0.000000244. The minimum Gasteiger partial charge on any atom is -0.396 e. The fourth-order valence-corrected chi connectivity index (χ4v) is 6.26. The fourth-order valence-electron chi connectivity index (χ4n) is 6.26. The van der Waals surface area contributed by atoms with Crippen LogP contribution in [0.25, 0.3) is 16.9 Å². The Morgan fingerprint density at radius 3 is 2.07 bits per heavy atom. The zero-order valence-electron chi connectivity index (χ0n) is 26.8.